The molecule has 1 aliphatic rings. The van der Waals surface area contributed by atoms with E-state index in [1.54, 1.807) is 14.2 Å². The van der Waals surface area contributed by atoms with Crippen LogP contribution >= 0.6 is 0 Å². The number of ketones is 1. The highest BCUT2D eigenvalue weighted by atomic mass is 16.5. The first-order chi connectivity index (χ1) is 10.7. The molecule has 0 heterocycles. The molecule has 0 amide bonds. The van der Waals surface area contributed by atoms with Crippen LogP contribution in [0.3, 0.4) is 0 Å². The van der Waals surface area contributed by atoms with Gasteiger partial charge in [0.2, 0.25) is 0 Å². The van der Waals surface area contributed by atoms with Crippen LogP contribution in [0.25, 0.3) is 0 Å². The molecule has 1 aliphatic carbocycles. The summed E-state index contributed by atoms with van der Waals surface area (Å²) in [7, 11) is 3.30. The Bertz CT molecular complexity index is 609. The average Bonchev–Trinajstić information content (AvgIpc) is 2.97. The zero-order chi connectivity index (χ0) is 15.6. The maximum Gasteiger partial charge on any atom is 0.147 e. The van der Waals surface area contributed by atoms with Crippen LogP contribution in [0, 0.1) is 0 Å². The van der Waals surface area contributed by atoms with Gasteiger partial charge < -0.3 is 9.47 Å². The molecule has 0 aromatic heterocycles. The fourth-order valence-corrected chi connectivity index (χ4v) is 3.40. The molecule has 2 aromatic rings. The number of benzene rings is 2. The van der Waals surface area contributed by atoms with Crippen LogP contribution in [0.1, 0.15) is 30.4 Å². The molecule has 0 aliphatic heterocycles. The lowest BCUT2D eigenvalue weighted by atomic mass is 9.72. The highest BCUT2D eigenvalue weighted by Gasteiger charge is 2.44. The van der Waals surface area contributed by atoms with Gasteiger partial charge in [-0.3, -0.25) is 4.79 Å². The molecule has 3 rings (SSSR count). The number of methoxy groups -OCH3 is 2. The molecule has 0 saturated heterocycles. The molecule has 1 fully saturated rings. The van der Waals surface area contributed by atoms with Crippen molar-refractivity contribution in [2.24, 2.45) is 0 Å². The number of Topliss-reactive ketones (excluding diaryl/α,β-unsaturated/α-hetero) is 1. The number of carbonyl (C=O) groups excluding carboxylic acids is 1. The number of ether oxygens (including phenoxy) is 2. The van der Waals surface area contributed by atoms with Gasteiger partial charge in [-0.05, 0) is 48.2 Å². The smallest absolute Gasteiger partial charge is 0.147 e. The van der Waals surface area contributed by atoms with E-state index >= 15 is 0 Å². The Labute approximate surface area is 130 Å². The van der Waals surface area contributed by atoms with Crippen LogP contribution in [0.15, 0.2) is 48.5 Å². The summed E-state index contributed by atoms with van der Waals surface area (Å²) >= 11 is 0. The van der Waals surface area contributed by atoms with Gasteiger partial charge in [0.1, 0.15) is 17.3 Å². The Morgan fingerprint density at radius 2 is 1.27 bits per heavy atom. The number of hydrogen-bond donors (Lipinski definition) is 0. The van der Waals surface area contributed by atoms with E-state index in [0.717, 1.165) is 35.5 Å². The van der Waals surface area contributed by atoms with E-state index in [9.17, 15) is 4.79 Å². The lowest BCUT2D eigenvalue weighted by Crippen LogP contribution is -2.32. The summed E-state index contributed by atoms with van der Waals surface area (Å²) in [5.74, 6) is 1.90. The molecule has 0 spiro atoms. The molecule has 0 bridgehead atoms. The lowest BCUT2D eigenvalue weighted by molar-refractivity contribution is -0.121. The largest absolute Gasteiger partial charge is 0.497 e. The standard InChI is InChI=1S/C19H20O3/c1-21-16-9-5-14(6-10-16)19(13-3-4-18(19)20)15-7-11-17(22-2)12-8-15/h5-12H,3-4,13H2,1-2H3. The Kier molecular flexibility index (Phi) is 3.88. The van der Waals surface area contributed by atoms with Crippen LogP contribution < -0.4 is 9.47 Å². The topological polar surface area (TPSA) is 35.5 Å². The van der Waals surface area contributed by atoms with Crippen LogP contribution in [-0.2, 0) is 10.2 Å². The second kappa shape index (κ2) is 5.84. The van der Waals surface area contributed by atoms with Crippen molar-refractivity contribution in [3.8, 4) is 11.5 Å². The zero-order valence-corrected chi connectivity index (χ0v) is 13.0. The van der Waals surface area contributed by atoms with E-state index in [4.69, 9.17) is 9.47 Å². The van der Waals surface area contributed by atoms with Crippen molar-refractivity contribution < 1.29 is 14.3 Å². The van der Waals surface area contributed by atoms with Crippen molar-refractivity contribution in [2.75, 3.05) is 14.2 Å². The Hall–Kier alpha value is -2.29. The number of carbonyl (C=O) groups is 1. The van der Waals surface area contributed by atoms with Gasteiger partial charge in [-0.15, -0.1) is 0 Å². The molecule has 3 heteroatoms. The van der Waals surface area contributed by atoms with Crippen molar-refractivity contribution in [2.45, 2.75) is 24.7 Å². The van der Waals surface area contributed by atoms with Gasteiger partial charge in [-0.25, -0.2) is 0 Å². The number of rotatable bonds is 4. The second-order valence-electron chi connectivity index (χ2n) is 5.64. The van der Waals surface area contributed by atoms with Crippen LogP contribution in [0.2, 0.25) is 0 Å². The highest BCUT2D eigenvalue weighted by Crippen LogP contribution is 2.44. The fourth-order valence-electron chi connectivity index (χ4n) is 3.40. The van der Waals surface area contributed by atoms with Crippen LogP contribution in [0.5, 0.6) is 11.5 Å². The molecule has 0 radical (unpaired) electrons. The summed E-state index contributed by atoms with van der Waals surface area (Å²) in [6.07, 6.45) is 2.42. The monoisotopic (exact) mass is 296 g/mol. The third-order valence-electron chi connectivity index (χ3n) is 4.60. The van der Waals surface area contributed by atoms with Gasteiger partial charge in [-0.2, -0.15) is 0 Å². The molecule has 114 valence electrons. The van der Waals surface area contributed by atoms with Crippen molar-refractivity contribution >= 4 is 5.78 Å². The van der Waals surface area contributed by atoms with E-state index in [0.29, 0.717) is 12.2 Å². The van der Waals surface area contributed by atoms with Crippen LogP contribution in [-0.4, -0.2) is 20.0 Å². The maximum atomic E-state index is 12.7. The molecule has 0 N–H and O–H groups in total. The Balaban J connectivity index is 2.09. The average molecular weight is 296 g/mol. The number of hydrogen-bond acceptors (Lipinski definition) is 3. The van der Waals surface area contributed by atoms with Crippen LogP contribution in [0.4, 0.5) is 0 Å². The molecule has 0 atom stereocenters. The lowest BCUT2D eigenvalue weighted by Gasteiger charge is -2.29. The third kappa shape index (κ3) is 2.27. The molecule has 0 unspecified atom stereocenters. The van der Waals surface area contributed by atoms with Crippen molar-refractivity contribution in [1.29, 1.82) is 0 Å². The minimum Gasteiger partial charge on any atom is -0.497 e. The maximum absolute atomic E-state index is 12.7. The summed E-state index contributed by atoms with van der Waals surface area (Å²) in [4.78, 5) is 12.7. The van der Waals surface area contributed by atoms with E-state index in [1.807, 2.05) is 48.5 Å². The van der Waals surface area contributed by atoms with Gasteiger partial charge in [-0.1, -0.05) is 24.3 Å². The Morgan fingerprint density at radius 1 is 0.818 bits per heavy atom. The summed E-state index contributed by atoms with van der Waals surface area (Å²) < 4.78 is 10.5. The summed E-state index contributed by atoms with van der Waals surface area (Å²) in [5.41, 5.74) is 1.56. The molecular formula is C19H20O3. The normalized spacial score (nSPS) is 16.5. The SMILES string of the molecule is COc1ccc(C2(c3ccc(OC)cc3)CCCC2=O)cc1. The molecule has 22 heavy (non-hydrogen) atoms. The van der Waals surface area contributed by atoms with Gasteiger partial charge >= 0.3 is 0 Å². The molecular weight excluding hydrogens is 276 g/mol. The first-order valence-corrected chi connectivity index (χ1v) is 7.53. The van der Waals surface area contributed by atoms with Gasteiger partial charge in [0.15, 0.2) is 0 Å². The van der Waals surface area contributed by atoms with E-state index in [1.165, 1.54) is 0 Å². The predicted octanol–water partition coefficient (Wildman–Crippen LogP) is 3.74. The minimum atomic E-state index is -0.529. The molecule has 3 nitrogen and oxygen atoms in total. The molecule has 2 aromatic carbocycles. The van der Waals surface area contributed by atoms with Gasteiger partial charge in [0, 0.05) is 6.42 Å². The first kappa shape index (κ1) is 14.6. The van der Waals surface area contributed by atoms with Crippen molar-refractivity contribution in [3.05, 3.63) is 59.7 Å². The highest BCUT2D eigenvalue weighted by molar-refractivity contribution is 5.95. The Morgan fingerprint density at radius 3 is 1.59 bits per heavy atom. The van der Waals surface area contributed by atoms with E-state index in [2.05, 4.69) is 0 Å². The zero-order valence-electron chi connectivity index (χ0n) is 13.0. The third-order valence-corrected chi connectivity index (χ3v) is 4.60. The van der Waals surface area contributed by atoms with Gasteiger partial charge in [0.05, 0.1) is 19.6 Å². The van der Waals surface area contributed by atoms with Crippen molar-refractivity contribution in [1.82, 2.24) is 0 Å². The predicted molar refractivity (Wildman–Crippen MR) is 85.6 cm³/mol. The summed E-state index contributed by atoms with van der Waals surface area (Å²) in [5, 5.41) is 0. The summed E-state index contributed by atoms with van der Waals surface area (Å²) in [6.45, 7) is 0. The first-order valence-electron chi connectivity index (χ1n) is 7.53. The molecule has 1 saturated carbocycles. The minimum absolute atomic E-state index is 0.294. The van der Waals surface area contributed by atoms with E-state index < -0.39 is 5.41 Å². The van der Waals surface area contributed by atoms with Gasteiger partial charge in [0.25, 0.3) is 0 Å². The van der Waals surface area contributed by atoms with Crippen molar-refractivity contribution in [3.63, 3.8) is 0 Å². The summed E-state index contributed by atoms with van der Waals surface area (Å²) in [6, 6.07) is 15.7. The second-order valence-corrected chi connectivity index (χ2v) is 5.64. The fraction of sp³-hybridized carbons (Fsp3) is 0.316. The van der Waals surface area contributed by atoms with E-state index in [-0.39, 0.29) is 0 Å². The quantitative estimate of drug-likeness (QED) is 0.862.